The van der Waals surface area contributed by atoms with Crippen molar-refractivity contribution in [3.05, 3.63) is 80.7 Å². The van der Waals surface area contributed by atoms with Gasteiger partial charge in [-0.3, -0.25) is 9.59 Å². The first kappa shape index (κ1) is 26.4. The third-order valence-electron chi connectivity index (χ3n) is 5.64. The number of carbonyl (C=O) groups excluding carboxylic acids is 3. The zero-order valence-electron chi connectivity index (χ0n) is 20.2. The van der Waals surface area contributed by atoms with Crippen LogP contribution in [0, 0.1) is 0 Å². The first-order valence-corrected chi connectivity index (χ1v) is 13.1. The van der Waals surface area contributed by atoms with Gasteiger partial charge in [0, 0.05) is 9.90 Å². The molecule has 2 aromatic carbocycles. The van der Waals surface area contributed by atoms with Crippen molar-refractivity contribution in [1.29, 1.82) is 0 Å². The van der Waals surface area contributed by atoms with Gasteiger partial charge in [-0.1, -0.05) is 35.9 Å². The average Bonchev–Trinajstić information content (AvgIpc) is 3.26. The number of amides is 2. The molecule has 1 aliphatic rings. The maximum Gasteiger partial charge on any atom is 0.341 e. The first-order chi connectivity index (χ1) is 17.9. The summed E-state index contributed by atoms with van der Waals surface area (Å²) in [5.41, 5.74) is 5.12. The van der Waals surface area contributed by atoms with Crippen molar-refractivity contribution in [2.45, 2.75) is 39.2 Å². The van der Waals surface area contributed by atoms with Gasteiger partial charge in [-0.2, -0.15) is 5.10 Å². The Labute approximate surface area is 223 Å². The number of nitrogens with one attached hydrogen (secondary N) is 2. The molecule has 1 aliphatic carbocycles. The molecule has 4 rings (SSSR count). The quantitative estimate of drug-likeness (QED) is 0.179. The van der Waals surface area contributed by atoms with E-state index in [-0.39, 0.29) is 6.61 Å². The van der Waals surface area contributed by atoms with Crippen molar-refractivity contribution in [3.63, 3.8) is 0 Å². The molecular formula is C27H26ClN3O5S. The van der Waals surface area contributed by atoms with E-state index in [4.69, 9.17) is 21.1 Å². The van der Waals surface area contributed by atoms with Crippen LogP contribution in [0.1, 0.15) is 51.7 Å². The smallest absolute Gasteiger partial charge is 0.341 e. The predicted molar refractivity (Wildman–Crippen MR) is 144 cm³/mol. The molecule has 1 aromatic heterocycles. The minimum Gasteiger partial charge on any atom is -0.489 e. The highest BCUT2D eigenvalue weighted by Gasteiger charge is 2.28. The maximum atomic E-state index is 12.5. The predicted octanol–water partition coefficient (Wildman–Crippen LogP) is 5.12. The van der Waals surface area contributed by atoms with Gasteiger partial charge in [0.15, 0.2) is 0 Å². The van der Waals surface area contributed by atoms with E-state index in [9.17, 15) is 14.4 Å². The van der Waals surface area contributed by atoms with Crippen LogP contribution in [0.3, 0.4) is 0 Å². The van der Waals surface area contributed by atoms with Gasteiger partial charge in [0.25, 0.3) is 0 Å². The fraction of sp³-hybridized carbons (Fsp3) is 0.259. The molecular weight excluding hydrogens is 514 g/mol. The van der Waals surface area contributed by atoms with Crippen molar-refractivity contribution in [1.82, 2.24) is 5.43 Å². The van der Waals surface area contributed by atoms with Gasteiger partial charge >= 0.3 is 17.8 Å². The number of fused-ring (bicyclic) bond motifs is 1. The fourth-order valence-electron chi connectivity index (χ4n) is 3.88. The topological polar surface area (TPSA) is 106 Å². The van der Waals surface area contributed by atoms with Gasteiger partial charge in [-0.15, -0.1) is 11.3 Å². The third kappa shape index (κ3) is 6.96. The van der Waals surface area contributed by atoms with Crippen molar-refractivity contribution in [2.75, 3.05) is 11.9 Å². The number of hydrazone groups is 1. The highest BCUT2D eigenvalue weighted by atomic mass is 35.5. The second kappa shape index (κ2) is 12.5. The summed E-state index contributed by atoms with van der Waals surface area (Å²) in [6.07, 6.45) is 4.97. The monoisotopic (exact) mass is 539 g/mol. The summed E-state index contributed by atoms with van der Waals surface area (Å²) < 4.78 is 11.0. The van der Waals surface area contributed by atoms with E-state index in [1.807, 2.05) is 12.1 Å². The van der Waals surface area contributed by atoms with Gasteiger partial charge in [0.05, 0.1) is 18.4 Å². The number of ether oxygens (including phenoxy) is 2. The number of halogens is 1. The molecule has 0 unspecified atom stereocenters. The second-order valence-corrected chi connectivity index (χ2v) is 9.82. The summed E-state index contributed by atoms with van der Waals surface area (Å²) >= 11 is 7.22. The molecule has 3 aromatic rings. The standard InChI is InChI=1S/C27H26ClN3O5S/c1-2-35-27(34)23-21-8-3-4-9-22(21)37-26(23)30-24(32)25(33)31-29-15-18-6-5-7-20(14-18)36-16-17-10-12-19(28)13-11-17/h5-7,10-15H,2-4,8-9,16H2,1H3,(H,30,32)(H,31,33). The zero-order valence-corrected chi connectivity index (χ0v) is 21.8. The minimum absolute atomic E-state index is 0.222. The molecule has 2 N–H and O–H groups in total. The molecule has 10 heteroatoms. The molecule has 0 radical (unpaired) electrons. The number of benzene rings is 2. The summed E-state index contributed by atoms with van der Waals surface area (Å²) in [7, 11) is 0. The van der Waals surface area contributed by atoms with Crippen LogP contribution in [-0.4, -0.2) is 30.6 Å². The fourth-order valence-corrected chi connectivity index (χ4v) is 5.28. The first-order valence-electron chi connectivity index (χ1n) is 11.9. The molecule has 0 atom stereocenters. The Morgan fingerprint density at radius 3 is 2.65 bits per heavy atom. The Kier molecular flexibility index (Phi) is 8.92. The van der Waals surface area contributed by atoms with Crippen molar-refractivity contribution >= 4 is 51.9 Å². The molecule has 1 heterocycles. The number of esters is 1. The molecule has 0 aliphatic heterocycles. The van der Waals surface area contributed by atoms with Gasteiger partial charge in [0.2, 0.25) is 0 Å². The highest BCUT2D eigenvalue weighted by Crippen LogP contribution is 2.38. The molecule has 0 fully saturated rings. The summed E-state index contributed by atoms with van der Waals surface area (Å²) in [5.74, 6) is -1.74. The van der Waals surface area contributed by atoms with E-state index in [0.717, 1.165) is 41.7 Å². The van der Waals surface area contributed by atoms with Crippen molar-refractivity contribution in [3.8, 4) is 5.75 Å². The van der Waals surface area contributed by atoms with Gasteiger partial charge in [0.1, 0.15) is 17.4 Å². The number of hydrogen-bond donors (Lipinski definition) is 2. The van der Waals surface area contributed by atoms with E-state index >= 15 is 0 Å². The minimum atomic E-state index is -0.951. The van der Waals surface area contributed by atoms with Gasteiger partial charge in [-0.05, 0) is 73.6 Å². The van der Waals surface area contributed by atoms with Gasteiger partial charge < -0.3 is 14.8 Å². The SMILES string of the molecule is CCOC(=O)c1c(NC(=O)C(=O)NN=Cc2cccc(OCc3ccc(Cl)cc3)c2)sc2c1CCCC2. The van der Waals surface area contributed by atoms with Crippen LogP contribution in [-0.2, 0) is 33.8 Å². The van der Waals surface area contributed by atoms with E-state index in [1.54, 1.807) is 43.3 Å². The van der Waals surface area contributed by atoms with Crippen LogP contribution in [0.15, 0.2) is 53.6 Å². The molecule has 0 saturated carbocycles. The Hall–Kier alpha value is -3.69. The summed E-state index contributed by atoms with van der Waals surface area (Å²) in [5, 5.41) is 7.44. The number of thiophene rings is 1. The lowest BCUT2D eigenvalue weighted by Crippen LogP contribution is -2.32. The molecule has 0 bridgehead atoms. The van der Waals surface area contributed by atoms with Crippen LogP contribution in [0.5, 0.6) is 5.75 Å². The number of rotatable bonds is 8. The van der Waals surface area contributed by atoms with Crippen LogP contribution in [0.4, 0.5) is 5.00 Å². The third-order valence-corrected chi connectivity index (χ3v) is 7.10. The summed E-state index contributed by atoms with van der Waals surface area (Å²) in [6, 6.07) is 14.5. The van der Waals surface area contributed by atoms with Crippen molar-refractivity contribution < 1.29 is 23.9 Å². The normalized spacial score (nSPS) is 12.6. The van der Waals surface area contributed by atoms with Crippen molar-refractivity contribution in [2.24, 2.45) is 5.10 Å². The summed E-state index contributed by atoms with van der Waals surface area (Å²) in [4.78, 5) is 38.5. The maximum absolute atomic E-state index is 12.5. The Bertz CT molecular complexity index is 1320. The van der Waals surface area contributed by atoms with Crippen LogP contribution in [0.25, 0.3) is 0 Å². The number of aryl methyl sites for hydroxylation is 1. The Balaban J connectivity index is 1.35. The lowest BCUT2D eigenvalue weighted by atomic mass is 9.95. The molecule has 192 valence electrons. The van der Waals surface area contributed by atoms with Gasteiger partial charge in [-0.25, -0.2) is 10.2 Å². The Morgan fingerprint density at radius 2 is 1.86 bits per heavy atom. The summed E-state index contributed by atoms with van der Waals surface area (Å²) in [6.45, 7) is 2.32. The van der Waals surface area contributed by atoms with E-state index < -0.39 is 17.8 Å². The van der Waals surface area contributed by atoms with E-state index in [1.165, 1.54) is 17.6 Å². The van der Waals surface area contributed by atoms with E-state index in [2.05, 4.69) is 15.8 Å². The zero-order chi connectivity index (χ0) is 26.2. The highest BCUT2D eigenvalue weighted by molar-refractivity contribution is 7.17. The lowest BCUT2D eigenvalue weighted by molar-refractivity contribution is -0.136. The number of hydrogen-bond acceptors (Lipinski definition) is 7. The van der Waals surface area contributed by atoms with Crippen LogP contribution in [0.2, 0.25) is 5.02 Å². The average molecular weight is 540 g/mol. The molecule has 0 saturated heterocycles. The number of nitrogens with zero attached hydrogens (tertiary/aromatic N) is 1. The molecule has 37 heavy (non-hydrogen) atoms. The molecule has 2 amide bonds. The largest absolute Gasteiger partial charge is 0.489 e. The lowest BCUT2D eigenvalue weighted by Gasteiger charge is -2.12. The number of carbonyl (C=O) groups is 3. The Morgan fingerprint density at radius 1 is 1.08 bits per heavy atom. The number of anilines is 1. The van der Waals surface area contributed by atoms with E-state index in [0.29, 0.717) is 33.5 Å². The molecule has 0 spiro atoms. The molecule has 8 nitrogen and oxygen atoms in total. The second-order valence-electron chi connectivity index (χ2n) is 8.28. The van der Waals surface area contributed by atoms with Crippen LogP contribution >= 0.6 is 22.9 Å². The van der Waals surface area contributed by atoms with Crippen LogP contribution < -0.4 is 15.5 Å².